The number of morpholine rings is 1. The van der Waals surface area contributed by atoms with E-state index in [0.717, 1.165) is 55.4 Å². The Morgan fingerprint density at radius 2 is 1.96 bits per heavy atom. The molecule has 1 aliphatic heterocycles. The molecule has 1 aliphatic rings. The third-order valence-electron chi connectivity index (χ3n) is 4.84. The molecule has 0 saturated carbocycles. The van der Waals surface area contributed by atoms with Crippen molar-refractivity contribution in [3.8, 4) is 5.75 Å². The minimum Gasteiger partial charge on any atom is -0.492 e. The van der Waals surface area contributed by atoms with Crippen LogP contribution in [0.15, 0.2) is 48.5 Å². The van der Waals surface area contributed by atoms with Gasteiger partial charge in [0.05, 0.1) is 13.2 Å². The lowest BCUT2D eigenvalue weighted by Gasteiger charge is -2.26. The number of benzene rings is 2. The number of para-hydroxylation sites is 1. The number of rotatable bonds is 9. The highest BCUT2D eigenvalue weighted by Crippen LogP contribution is 2.14. The summed E-state index contributed by atoms with van der Waals surface area (Å²) in [4.78, 5) is 14.5. The van der Waals surface area contributed by atoms with Crippen molar-refractivity contribution < 1.29 is 14.3 Å². The number of anilines is 1. The van der Waals surface area contributed by atoms with Crippen LogP contribution in [0.25, 0.3) is 0 Å². The summed E-state index contributed by atoms with van der Waals surface area (Å²) < 4.78 is 11.2. The summed E-state index contributed by atoms with van der Waals surface area (Å²) in [5.74, 6) is 0.846. The van der Waals surface area contributed by atoms with Gasteiger partial charge in [-0.25, -0.2) is 0 Å². The first-order valence-corrected chi connectivity index (χ1v) is 9.82. The van der Waals surface area contributed by atoms with Gasteiger partial charge >= 0.3 is 0 Å². The number of nitrogens with zero attached hydrogens (tertiary/aromatic N) is 1. The topological polar surface area (TPSA) is 76.8 Å². The quantitative estimate of drug-likeness (QED) is 0.650. The van der Waals surface area contributed by atoms with Crippen molar-refractivity contribution in [1.29, 1.82) is 0 Å². The Bertz CT molecular complexity index is 760. The lowest BCUT2D eigenvalue weighted by molar-refractivity contribution is -0.121. The Hall–Kier alpha value is -2.57. The van der Waals surface area contributed by atoms with Crippen molar-refractivity contribution in [1.82, 2.24) is 10.2 Å². The average molecular weight is 383 g/mol. The van der Waals surface area contributed by atoms with E-state index < -0.39 is 0 Å². The van der Waals surface area contributed by atoms with Gasteiger partial charge in [0, 0.05) is 38.3 Å². The molecule has 3 N–H and O–H groups in total. The maximum absolute atomic E-state index is 12.1. The van der Waals surface area contributed by atoms with Crippen LogP contribution in [0, 0.1) is 0 Å². The number of nitrogens with two attached hydrogens (primary N) is 1. The average Bonchev–Trinajstić information content (AvgIpc) is 2.73. The second kappa shape index (κ2) is 10.7. The zero-order valence-electron chi connectivity index (χ0n) is 16.2. The van der Waals surface area contributed by atoms with E-state index in [1.165, 1.54) is 0 Å². The second-order valence-corrected chi connectivity index (χ2v) is 6.93. The summed E-state index contributed by atoms with van der Waals surface area (Å²) in [5.41, 5.74) is 8.69. The summed E-state index contributed by atoms with van der Waals surface area (Å²) in [7, 11) is 0. The summed E-state index contributed by atoms with van der Waals surface area (Å²) >= 11 is 0. The maximum Gasteiger partial charge on any atom is 0.220 e. The molecule has 6 heteroatoms. The number of amides is 1. The number of ether oxygens (including phenoxy) is 2. The van der Waals surface area contributed by atoms with Gasteiger partial charge in [0.1, 0.15) is 12.4 Å². The van der Waals surface area contributed by atoms with E-state index in [4.69, 9.17) is 15.2 Å². The smallest absolute Gasteiger partial charge is 0.220 e. The maximum atomic E-state index is 12.1. The largest absolute Gasteiger partial charge is 0.492 e. The van der Waals surface area contributed by atoms with Crippen LogP contribution in [0.3, 0.4) is 0 Å². The van der Waals surface area contributed by atoms with Crippen molar-refractivity contribution in [2.75, 3.05) is 45.2 Å². The molecule has 0 atom stereocenters. The summed E-state index contributed by atoms with van der Waals surface area (Å²) in [6, 6.07) is 15.5. The van der Waals surface area contributed by atoms with E-state index in [0.29, 0.717) is 26.0 Å². The van der Waals surface area contributed by atoms with E-state index in [-0.39, 0.29) is 5.91 Å². The minimum atomic E-state index is 0.0156. The predicted molar refractivity (Wildman–Crippen MR) is 110 cm³/mol. The standard InChI is InChI=1S/C22H29N3O3/c23-21-7-2-1-5-19(21)8-9-22(26)24-17-18-4-3-6-20(16-18)28-15-12-25-10-13-27-14-11-25/h1-7,16H,8-15,17,23H2,(H,24,26). The van der Waals surface area contributed by atoms with Crippen molar-refractivity contribution in [3.05, 3.63) is 59.7 Å². The van der Waals surface area contributed by atoms with Crippen LogP contribution in [0.2, 0.25) is 0 Å². The van der Waals surface area contributed by atoms with Crippen LogP contribution in [0.1, 0.15) is 17.5 Å². The molecule has 6 nitrogen and oxygen atoms in total. The molecule has 2 aromatic rings. The number of aryl methyl sites for hydroxylation is 1. The summed E-state index contributed by atoms with van der Waals surface area (Å²) in [6.07, 6.45) is 1.06. The molecule has 0 unspecified atom stereocenters. The molecule has 0 aliphatic carbocycles. The molecule has 150 valence electrons. The van der Waals surface area contributed by atoms with E-state index in [1.807, 2.05) is 48.5 Å². The monoisotopic (exact) mass is 383 g/mol. The van der Waals surface area contributed by atoms with Gasteiger partial charge in [-0.15, -0.1) is 0 Å². The van der Waals surface area contributed by atoms with Crippen LogP contribution >= 0.6 is 0 Å². The molecule has 1 heterocycles. The molecule has 28 heavy (non-hydrogen) atoms. The normalized spacial score (nSPS) is 14.6. The van der Waals surface area contributed by atoms with Crippen LogP contribution in [-0.2, 0) is 22.5 Å². The highest BCUT2D eigenvalue weighted by molar-refractivity contribution is 5.76. The molecular weight excluding hydrogens is 354 g/mol. The highest BCUT2D eigenvalue weighted by atomic mass is 16.5. The zero-order valence-corrected chi connectivity index (χ0v) is 16.2. The molecule has 0 bridgehead atoms. The predicted octanol–water partition coefficient (Wildman–Crippen LogP) is 2.23. The van der Waals surface area contributed by atoms with Crippen LogP contribution in [0.4, 0.5) is 5.69 Å². The van der Waals surface area contributed by atoms with E-state index in [9.17, 15) is 4.79 Å². The van der Waals surface area contributed by atoms with Crippen molar-refractivity contribution >= 4 is 11.6 Å². The van der Waals surface area contributed by atoms with Crippen LogP contribution in [-0.4, -0.2) is 50.3 Å². The number of nitrogens with one attached hydrogen (secondary N) is 1. The molecule has 1 saturated heterocycles. The molecule has 1 amide bonds. The van der Waals surface area contributed by atoms with Gasteiger partial charge in [-0.1, -0.05) is 30.3 Å². The van der Waals surface area contributed by atoms with Crippen molar-refractivity contribution in [2.45, 2.75) is 19.4 Å². The minimum absolute atomic E-state index is 0.0156. The van der Waals surface area contributed by atoms with Crippen molar-refractivity contribution in [3.63, 3.8) is 0 Å². The summed E-state index contributed by atoms with van der Waals surface area (Å²) in [6.45, 7) is 5.55. The Kier molecular flexibility index (Phi) is 7.70. The fraction of sp³-hybridized carbons (Fsp3) is 0.409. The molecular formula is C22H29N3O3. The Labute approximate surface area is 166 Å². The van der Waals surface area contributed by atoms with E-state index >= 15 is 0 Å². The number of hydrogen-bond donors (Lipinski definition) is 2. The molecule has 2 aromatic carbocycles. The van der Waals surface area contributed by atoms with E-state index in [1.54, 1.807) is 0 Å². The lowest BCUT2D eigenvalue weighted by atomic mass is 10.1. The van der Waals surface area contributed by atoms with Crippen LogP contribution in [0.5, 0.6) is 5.75 Å². The third-order valence-corrected chi connectivity index (χ3v) is 4.84. The van der Waals surface area contributed by atoms with Gasteiger partial charge in [-0.05, 0) is 35.7 Å². The molecule has 0 spiro atoms. The number of nitrogen functional groups attached to an aromatic ring is 1. The lowest BCUT2D eigenvalue weighted by Crippen LogP contribution is -2.38. The number of carbonyl (C=O) groups is 1. The first kappa shape index (κ1) is 20.2. The van der Waals surface area contributed by atoms with Gasteiger partial charge in [0.2, 0.25) is 5.91 Å². The molecule has 0 radical (unpaired) electrons. The molecule has 1 fully saturated rings. The second-order valence-electron chi connectivity index (χ2n) is 6.93. The van der Waals surface area contributed by atoms with Crippen molar-refractivity contribution in [2.24, 2.45) is 0 Å². The first-order valence-electron chi connectivity index (χ1n) is 9.82. The van der Waals surface area contributed by atoms with E-state index in [2.05, 4.69) is 10.2 Å². The SMILES string of the molecule is Nc1ccccc1CCC(=O)NCc1cccc(OCCN2CCOCC2)c1. The zero-order chi connectivity index (χ0) is 19.6. The fourth-order valence-corrected chi connectivity index (χ4v) is 3.16. The Morgan fingerprint density at radius 1 is 1.14 bits per heavy atom. The molecule has 3 rings (SSSR count). The summed E-state index contributed by atoms with van der Waals surface area (Å²) in [5, 5.41) is 2.97. The Morgan fingerprint density at radius 3 is 2.79 bits per heavy atom. The fourth-order valence-electron chi connectivity index (χ4n) is 3.16. The third kappa shape index (κ3) is 6.55. The molecule has 0 aromatic heterocycles. The Balaban J connectivity index is 1.38. The van der Waals surface area contributed by atoms with Crippen LogP contribution < -0.4 is 15.8 Å². The van der Waals surface area contributed by atoms with Gasteiger partial charge < -0.3 is 20.5 Å². The first-order chi connectivity index (χ1) is 13.7. The van der Waals surface area contributed by atoms with Gasteiger partial charge in [0.25, 0.3) is 0 Å². The number of carbonyl (C=O) groups excluding carboxylic acids is 1. The van der Waals surface area contributed by atoms with Gasteiger partial charge in [-0.2, -0.15) is 0 Å². The van der Waals surface area contributed by atoms with Gasteiger partial charge in [0.15, 0.2) is 0 Å². The van der Waals surface area contributed by atoms with Gasteiger partial charge in [-0.3, -0.25) is 9.69 Å². The highest BCUT2D eigenvalue weighted by Gasteiger charge is 2.10. The number of hydrogen-bond acceptors (Lipinski definition) is 5.